The minimum Gasteiger partial charge on any atom is -0.389 e. The second-order valence-electron chi connectivity index (χ2n) is 6.32. The zero-order chi connectivity index (χ0) is 13.7. The Balaban J connectivity index is 4.81. The van der Waals surface area contributed by atoms with Gasteiger partial charge in [0.05, 0.1) is 6.10 Å². The number of hydrogen-bond donors (Lipinski definition) is 1. The lowest BCUT2D eigenvalue weighted by molar-refractivity contribution is -0.113. The Morgan fingerprint density at radius 1 is 1.24 bits per heavy atom. The molecule has 0 aromatic rings. The molecule has 0 aliphatic heterocycles. The molecule has 1 N–H and O–H groups in total. The summed E-state index contributed by atoms with van der Waals surface area (Å²) in [6, 6.07) is 0. The summed E-state index contributed by atoms with van der Waals surface area (Å²) in [5.41, 5.74) is 2.97. The summed E-state index contributed by atoms with van der Waals surface area (Å²) < 4.78 is 10.3. The van der Waals surface area contributed by atoms with Gasteiger partial charge in [-0.2, -0.15) is 0 Å². The second kappa shape index (κ2) is 6.55. The summed E-state index contributed by atoms with van der Waals surface area (Å²) in [7, 11) is 0.105. The molecule has 0 radical (unpaired) electrons. The van der Waals surface area contributed by atoms with Gasteiger partial charge in [-0.3, -0.25) is 0 Å². The third kappa shape index (κ3) is 7.56. The van der Waals surface area contributed by atoms with Crippen molar-refractivity contribution in [2.75, 3.05) is 13.9 Å². The molecular weight excluding hydrogens is 232 g/mol. The maximum absolute atomic E-state index is 10.2. The van der Waals surface area contributed by atoms with Crippen LogP contribution in [0.4, 0.5) is 0 Å². The van der Waals surface area contributed by atoms with E-state index in [2.05, 4.69) is 31.1 Å². The predicted molar refractivity (Wildman–Crippen MR) is 73.3 cm³/mol. The van der Waals surface area contributed by atoms with Crippen LogP contribution in [0.1, 0.15) is 20.8 Å². The van der Waals surface area contributed by atoms with Crippen molar-refractivity contribution in [3.8, 4) is 11.5 Å². The number of hydrogen-bond acceptors (Lipinski definition) is 3. The molecular formula is C13H26O3Si. The minimum absolute atomic E-state index is 0.151. The summed E-state index contributed by atoms with van der Waals surface area (Å²) in [4.78, 5) is 0. The Hall–Kier alpha value is -0.343. The molecule has 100 valence electrons. The highest BCUT2D eigenvalue weighted by atomic mass is 28.3. The van der Waals surface area contributed by atoms with Gasteiger partial charge in [0, 0.05) is 7.11 Å². The van der Waals surface area contributed by atoms with E-state index in [4.69, 9.17) is 9.47 Å². The van der Waals surface area contributed by atoms with Crippen LogP contribution in [0.3, 0.4) is 0 Å². The highest BCUT2D eigenvalue weighted by Crippen LogP contribution is 2.23. The molecule has 0 aromatic heterocycles. The van der Waals surface area contributed by atoms with Crippen molar-refractivity contribution < 1.29 is 14.6 Å². The molecule has 4 heteroatoms. The summed E-state index contributed by atoms with van der Waals surface area (Å²) in [5, 5.41) is 10.2. The molecule has 3 nitrogen and oxygen atoms in total. The molecule has 0 saturated heterocycles. The molecule has 0 rings (SSSR count). The van der Waals surface area contributed by atoms with E-state index >= 15 is 0 Å². The molecule has 0 aromatic carbocycles. The molecule has 0 aliphatic carbocycles. The van der Waals surface area contributed by atoms with Crippen LogP contribution in [-0.2, 0) is 9.47 Å². The molecule has 0 heterocycles. The SMILES string of the molecule is COCO[C@@H](C#C[Si](C)(C)C)[C@@H](O)C(C)(C)C. The third-order valence-corrected chi connectivity index (χ3v) is 3.02. The van der Waals surface area contributed by atoms with Gasteiger partial charge in [0.15, 0.2) is 0 Å². The fraction of sp³-hybridized carbons (Fsp3) is 0.846. The van der Waals surface area contributed by atoms with Gasteiger partial charge in [0.25, 0.3) is 0 Å². The van der Waals surface area contributed by atoms with E-state index in [0.29, 0.717) is 0 Å². The average molecular weight is 258 g/mol. The lowest BCUT2D eigenvalue weighted by atomic mass is 9.86. The fourth-order valence-corrected chi connectivity index (χ4v) is 1.67. The first-order valence-corrected chi connectivity index (χ1v) is 9.39. The van der Waals surface area contributed by atoms with Gasteiger partial charge >= 0.3 is 0 Å². The predicted octanol–water partition coefficient (Wildman–Crippen LogP) is 2.26. The lowest BCUT2D eigenvalue weighted by Crippen LogP contribution is -2.39. The van der Waals surface area contributed by atoms with Crippen molar-refractivity contribution in [3.05, 3.63) is 0 Å². The number of aliphatic hydroxyl groups excluding tert-OH is 1. The normalized spacial score (nSPS) is 16.0. The first-order chi connectivity index (χ1) is 7.58. The van der Waals surface area contributed by atoms with Crippen LogP contribution in [0.5, 0.6) is 0 Å². The molecule has 0 spiro atoms. The van der Waals surface area contributed by atoms with Gasteiger partial charge in [0.1, 0.15) is 21.0 Å². The first kappa shape index (κ1) is 16.7. The van der Waals surface area contributed by atoms with E-state index in [1.54, 1.807) is 7.11 Å². The van der Waals surface area contributed by atoms with Gasteiger partial charge in [-0.15, -0.1) is 5.54 Å². The first-order valence-electron chi connectivity index (χ1n) is 5.89. The average Bonchev–Trinajstić information content (AvgIpc) is 2.14. The van der Waals surface area contributed by atoms with Gasteiger partial charge in [-0.25, -0.2) is 0 Å². The number of ether oxygens (including phenoxy) is 2. The monoisotopic (exact) mass is 258 g/mol. The fourth-order valence-electron chi connectivity index (χ4n) is 1.09. The van der Waals surface area contributed by atoms with Crippen LogP contribution in [0, 0.1) is 16.9 Å². The molecule has 0 fully saturated rings. The lowest BCUT2D eigenvalue weighted by Gasteiger charge is -2.30. The highest BCUT2D eigenvalue weighted by Gasteiger charge is 2.30. The maximum atomic E-state index is 10.2. The Morgan fingerprint density at radius 3 is 2.12 bits per heavy atom. The Kier molecular flexibility index (Phi) is 6.42. The van der Waals surface area contributed by atoms with Crippen LogP contribution in [0.15, 0.2) is 0 Å². The molecule has 0 saturated carbocycles. The molecule has 17 heavy (non-hydrogen) atoms. The van der Waals surface area contributed by atoms with Crippen LogP contribution in [0.2, 0.25) is 19.6 Å². The van der Waals surface area contributed by atoms with Crippen molar-refractivity contribution in [1.29, 1.82) is 0 Å². The van der Waals surface area contributed by atoms with Crippen molar-refractivity contribution in [2.45, 2.75) is 52.6 Å². The second-order valence-corrected chi connectivity index (χ2v) is 11.1. The zero-order valence-electron chi connectivity index (χ0n) is 12.1. The van der Waals surface area contributed by atoms with Crippen LogP contribution in [-0.4, -0.2) is 39.3 Å². The van der Waals surface area contributed by atoms with Crippen molar-refractivity contribution in [1.82, 2.24) is 0 Å². The molecule has 2 atom stereocenters. The topological polar surface area (TPSA) is 38.7 Å². The molecule has 0 bridgehead atoms. The summed E-state index contributed by atoms with van der Waals surface area (Å²) >= 11 is 0. The highest BCUT2D eigenvalue weighted by molar-refractivity contribution is 6.83. The Morgan fingerprint density at radius 2 is 1.76 bits per heavy atom. The summed E-state index contributed by atoms with van der Waals surface area (Å²) in [6.07, 6.45) is -1.11. The van der Waals surface area contributed by atoms with E-state index < -0.39 is 20.3 Å². The molecule has 0 unspecified atom stereocenters. The van der Waals surface area contributed by atoms with Gasteiger partial charge < -0.3 is 14.6 Å². The standard InChI is InChI=1S/C13H26O3Si/c1-13(2,3)12(14)11(16-10-15-4)8-9-17(5,6)7/h11-12,14H,10H2,1-7H3/t11-,12+/m0/s1. The quantitative estimate of drug-likeness (QED) is 0.477. The van der Waals surface area contributed by atoms with Crippen LogP contribution >= 0.6 is 0 Å². The van der Waals surface area contributed by atoms with Crippen LogP contribution in [0.25, 0.3) is 0 Å². The zero-order valence-corrected chi connectivity index (χ0v) is 13.1. The number of aliphatic hydroxyl groups is 1. The number of rotatable bonds is 4. The number of methoxy groups -OCH3 is 1. The largest absolute Gasteiger partial charge is 0.389 e. The van der Waals surface area contributed by atoms with Gasteiger partial charge in [-0.1, -0.05) is 46.3 Å². The maximum Gasteiger partial charge on any atom is 0.148 e. The summed E-state index contributed by atoms with van der Waals surface area (Å²) in [6.45, 7) is 12.5. The Labute approximate surface area is 107 Å². The molecule has 0 aliphatic rings. The smallest absolute Gasteiger partial charge is 0.148 e. The summed E-state index contributed by atoms with van der Waals surface area (Å²) in [5.74, 6) is 3.06. The van der Waals surface area contributed by atoms with E-state index in [1.807, 2.05) is 20.8 Å². The van der Waals surface area contributed by atoms with E-state index in [0.717, 1.165) is 0 Å². The van der Waals surface area contributed by atoms with E-state index in [1.165, 1.54) is 0 Å². The van der Waals surface area contributed by atoms with Crippen molar-refractivity contribution >= 4 is 8.07 Å². The van der Waals surface area contributed by atoms with Gasteiger partial charge in [-0.05, 0) is 5.41 Å². The van der Waals surface area contributed by atoms with Gasteiger partial charge in [0.2, 0.25) is 0 Å². The Bertz CT molecular complexity index is 278. The van der Waals surface area contributed by atoms with E-state index in [9.17, 15) is 5.11 Å². The van der Waals surface area contributed by atoms with Crippen molar-refractivity contribution in [3.63, 3.8) is 0 Å². The van der Waals surface area contributed by atoms with Crippen LogP contribution < -0.4 is 0 Å². The molecule has 0 amide bonds. The minimum atomic E-state index is -1.46. The van der Waals surface area contributed by atoms with Crippen molar-refractivity contribution in [2.24, 2.45) is 5.41 Å². The third-order valence-electron chi connectivity index (χ3n) is 2.13. The van der Waals surface area contributed by atoms with E-state index in [-0.39, 0.29) is 12.2 Å².